The number of primary amides is 1. The molecule has 106 valence electrons. The van der Waals surface area contributed by atoms with Gasteiger partial charge in [0.1, 0.15) is 0 Å². The van der Waals surface area contributed by atoms with E-state index in [1.54, 1.807) is 0 Å². The van der Waals surface area contributed by atoms with Crippen LogP contribution in [-0.4, -0.2) is 20.2 Å². The molecule has 0 radical (unpaired) electrons. The Hall–Kier alpha value is -0.980. The summed E-state index contributed by atoms with van der Waals surface area (Å²) in [4.78, 5) is 11.4. The van der Waals surface area contributed by atoms with E-state index in [0.29, 0.717) is 17.1 Å². The minimum atomic E-state index is -3.81. The lowest BCUT2D eigenvalue weighted by atomic mass is 10.3. The van der Waals surface area contributed by atoms with Crippen LogP contribution in [0.2, 0.25) is 10.0 Å². The largest absolute Gasteiger partial charge is 0.350 e. The van der Waals surface area contributed by atoms with Gasteiger partial charge in [0.25, 0.3) is 0 Å². The summed E-state index contributed by atoms with van der Waals surface area (Å²) in [5.74, 6) is -0.160. The summed E-state index contributed by atoms with van der Waals surface area (Å²) in [5.41, 5.74) is 5.23. The summed E-state index contributed by atoms with van der Waals surface area (Å²) in [7, 11) is -3.81. The van der Waals surface area contributed by atoms with Crippen LogP contribution in [0.5, 0.6) is 0 Å². The number of urea groups is 1. The van der Waals surface area contributed by atoms with Crippen molar-refractivity contribution in [1.82, 2.24) is 0 Å². The highest BCUT2D eigenvalue weighted by atomic mass is 35.5. The van der Waals surface area contributed by atoms with Crippen molar-refractivity contribution in [2.75, 3.05) is 10.1 Å². The quantitative estimate of drug-likeness (QED) is 0.903. The highest BCUT2D eigenvalue weighted by Crippen LogP contribution is 2.28. The lowest BCUT2D eigenvalue weighted by molar-refractivity contribution is 0.257. The molecule has 1 aromatic carbocycles. The molecule has 2 N–H and O–H groups in total. The number of benzene rings is 1. The van der Waals surface area contributed by atoms with E-state index in [2.05, 4.69) is 0 Å². The van der Waals surface area contributed by atoms with Crippen molar-refractivity contribution in [2.24, 2.45) is 5.73 Å². The van der Waals surface area contributed by atoms with Gasteiger partial charge >= 0.3 is 6.03 Å². The molecule has 2 amide bonds. The highest BCUT2D eigenvalue weighted by molar-refractivity contribution is 7.93. The molecule has 1 rings (SSSR count). The van der Waals surface area contributed by atoms with Crippen molar-refractivity contribution in [3.8, 4) is 0 Å². The van der Waals surface area contributed by atoms with Crippen LogP contribution in [0, 0.1) is 0 Å². The highest BCUT2D eigenvalue weighted by Gasteiger charge is 2.27. The van der Waals surface area contributed by atoms with Crippen LogP contribution < -0.4 is 10.0 Å². The standard InChI is InChI=1S/C11H14Cl2N2O3S/c1-2-3-6-19(17,18)15(11(14)16)8-4-5-9(12)10(13)7-8/h4-5,7H,2-3,6H2,1H3,(H2,14,16). The normalized spacial score (nSPS) is 11.3. The predicted molar refractivity (Wildman–Crippen MR) is 77.2 cm³/mol. The Balaban J connectivity index is 3.21. The molecule has 0 aliphatic carbocycles. The van der Waals surface area contributed by atoms with E-state index in [9.17, 15) is 13.2 Å². The Bertz CT molecular complexity index is 575. The Morgan fingerprint density at radius 3 is 2.42 bits per heavy atom. The zero-order valence-corrected chi connectivity index (χ0v) is 12.6. The third-order valence-electron chi connectivity index (χ3n) is 2.37. The van der Waals surface area contributed by atoms with Gasteiger partial charge in [0.05, 0.1) is 21.5 Å². The molecule has 0 fully saturated rings. The van der Waals surface area contributed by atoms with Gasteiger partial charge in [-0.2, -0.15) is 4.31 Å². The maximum atomic E-state index is 12.1. The van der Waals surface area contributed by atoms with Crippen molar-refractivity contribution in [3.63, 3.8) is 0 Å². The van der Waals surface area contributed by atoms with Crippen molar-refractivity contribution in [1.29, 1.82) is 0 Å². The Morgan fingerprint density at radius 2 is 1.95 bits per heavy atom. The van der Waals surface area contributed by atoms with Gasteiger partial charge in [-0.05, 0) is 24.6 Å². The molecule has 0 aliphatic rings. The summed E-state index contributed by atoms with van der Waals surface area (Å²) in [6.45, 7) is 1.85. The molecule has 5 nitrogen and oxygen atoms in total. The Kier molecular flexibility index (Phi) is 5.46. The molecular weight excluding hydrogens is 311 g/mol. The van der Waals surface area contributed by atoms with E-state index in [0.717, 1.165) is 0 Å². The smallest absolute Gasteiger partial charge is 0.333 e. The van der Waals surface area contributed by atoms with Gasteiger partial charge in [-0.15, -0.1) is 0 Å². The molecule has 0 spiro atoms. The fraction of sp³-hybridized carbons (Fsp3) is 0.364. The van der Waals surface area contributed by atoms with Crippen LogP contribution in [0.15, 0.2) is 18.2 Å². The first-order chi connectivity index (χ1) is 8.79. The van der Waals surface area contributed by atoms with Gasteiger partial charge < -0.3 is 5.73 Å². The van der Waals surface area contributed by atoms with Crippen LogP contribution in [0.1, 0.15) is 19.8 Å². The third-order valence-corrected chi connectivity index (χ3v) is 4.86. The third kappa shape index (κ3) is 3.99. The van der Waals surface area contributed by atoms with Crippen LogP contribution in [-0.2, 0) is 10.0 Å². The minimum Gasteiger partial charge on any atom is -0.350 e. The summed E-state index contributed by atoms with van der Waals surface area (Å²) < 4.78 is 24.7. The van der Waals surface area contributed by atoms with Crippen molar-refractivity contribution in [3.05, 3.63) is 28.2 Å². The predicted octanol–water partition coefficient (Wildman–Crippen LogP) is 3.01. The van der Waals surface area contributed by atoms with Gasteiger partial charge in [-0.1, -0.05) is 36.5 Å². The Morgan fingerprint density at radius 1 is 1.32 bits per heavy atom. The lowest BCUT2D eigenvalue weighted by Gasteiger charge is -2.20. The number of sulfonamides is 1. The van der Waals surface area contributed by atoms with E-state index in [4.69, 9.17) is 28.9 Å². The van der Waals surface area contributed by atoms with Gasteiger partial charge in [0, 0.05) is 0 Å². The van der Waals surface area contributed by atoms with Crippen LogP contribution >= 0.6 is 23.2 Å². The average Bonchev–Trinajstić information content (AvgIpc) is 2.30. The number of carbonyl (C=O) groups is 1. The molecule has 8 heteroatoms. The van der Waals surface area contributed by atoms with Crippen LogP contribution in [0.25, 0.3) is 0 Å². The molecule has 0 saturated carbocycles. The number of hydrogen-bond acceptors (Lipinski definition) is 3. The molecule has 0 unspecified atom stereocenters. The number of nitrogens with two attached hydrogens (primary N) is 1. The number of unbranched alkanes of at least 4 members (excludes halogenated alkanes) is 1. The van der Waals surface area contributed by atoms with Crippen LogP contribution in [0.4, 0.5) is 10.5 Å². The Labute approximate surface area is 122 Å². The molecule has 1 aromatic rings. The van der Waals surface area contributed by atoms with E-state index in [1.165, 1.54) is 18.2 Å². The van der Waals surface area contributed by atoms with Crippen molar-refractivity contribution < 1.29 is 13.2 Å². The number of rotatable bonds is 5. The van der Waals surface area contributed by atoms with E-state index in [1.807, 2.05) is 6.92 Å². The summed E-state index contributed by atoms with van der Waals surface area (Å²) in [5, 5.41) is 0.414. The van der Waals surface area contributed by atoms with Gasteiger partial charge in [0.15, 0.2) is 0 Å². The number of carbonyl (C=O) groups excluding carboxylic acids is 1. The van der Waals surface area contributed by atoms with E-state index < -0.39 is 16.1 Å². The molecule has 0 saturated heterocycles. The molecular formula is C11H14Cl2N2O3S. The summed E-state index contributed by atoms with van der Waals surface area (Å²) in [6.07, 6.45) is 1.13. The number of nitrogens with zero attached hydrogens (tertiary/aromatic N) is 1. The summed E-state index contributed by atoms with van der Waals surface area (Å²) in [6, 6.07) is 3.00. The monoisotopic (exact) mass is 324 g/mol. The van der Waals surface area contributed by atoms with Gasteiger partial charge in [0.2, 0.25) is 10.0 Å². The van der Waals surface area contributed by atoms with Gasteiger partial charge in [-0.25, -0.2) is 13.2 Å². The SMILES string of the molecule is CCCCS(=O)(=O)N(C(N)=O)c1ccc(Cl)c(Cl)c1. The maximum absolute atomic E-state index is 12.1. The number of amides is 2. The van der Waals surface area contributed by atoms with Crippen molar-refractivity contribution in [2.45, 2.75) is 19.8 Å². The van der Waals surface area contributed by atoms with Crippen molar-refractivity contribution >= 4 is 44.9 Å². The second kappa shape index (κ2) is 6.45. The zero-order valence-electron chi connectivity index (χ0n) is 10.3. The number of halogens is 2. The fourth-order valence-corrected chi connectivity index (χ4v) is 3.29. The molecule has 0 aromatic heterocycles. The average molecular weight is 325 g/mol. The van der Waals surface area contributed by atoms with Gasteiger partial charge in [-0.3, -0.25) is 0 Å². The van der Waals surface area contributed by atoms with E-state index >= 15 is 0 Å². The second-order valence-electron chi connectivity index (χ2n) is 3.87. The molecule has 0 atom stereocenters. The van der Waals surface area contributed by atoms with E-state index in [-0.39, 0.29) is 21.5 Å². The number of anilines is 1. The zero-order chi connectivity index (χ0) is 14.6. The first-order valence-corrected chi connectivity index (χ1v) is 7.93. The summed E-state index contributed by atoms with van der Waals surface area (Å²) >= 11 is 11.6. The fourth-order valence-electron chi connectivity index (χ4n) is 1.45. The first-order valence-electron chi connectivity index (χ1n) is 5.57. The topological polar surface area (TPSA) is 80.5 Å². The molecule has 0 bridgehead atoms. The maximum Gasteiger partial charge on any atom is 0.333 e. The number of hydrogen-bond donors (Lipinski definition) is 1. The minimum absolute atomic E-state index is 0.0815. The molecule has 0 heterocycles. The first kappa shape index (κ1) is 16.1. The second-order valence-corrected chi connectivity index (χ2v) is 6.62. The lowest BCUT2D eigenvalue weighted by Crippen LogP contribution is -2.42. The molecule has 0 aliphatic heterocycles. The van der Waals surface area contributed by atoms with Crippen LogP contribution in [0.3, 0.4) is 0 Å². The molecule has 19 heavy (non-hydrogen) atoms.